The van der Waals surface area contributed by atoms with E-state index >= 15 is 8.78 Å². The predicted octanol–water partition coefficient (Wildman–Crippen LogP) is 7.84. The maximum atomic E-state index is 15.5. The van der Waals surface area contributed by atoms with Gasteiger partial charge in [-0.05, 0) is 74.9 Å². The smallest absolute Gasteiger partial charge is 0.343 e. The molecule has 2 N–H and O–H groups in total. The zero-order valence-electron chi connectivity index (χ0n) is 34.3. The van der Waals surface area contributed by atoms with E-state index in [2.05, 4.69) is 32.3 Å². The van der Waals surface area contributed by atoms with Gasteiger partial charge in [0, 0.05) is 41.4 Å². The SMILES string of the molecule is CC(Cc1cc(F)cc(F)c1)(NC(=O)Cn1nc(C(F)(F)F)c2c1C(F)(F)[C@@H]1C[C@H]21)c1nc(C#CC(C)(C)S(C)(=O)=O)ccc1-c1ccc(Cl)c2c(NS(C)(=O)=O)nn(CC(F)(F)F)c12. The summed E-state index contributed by atoms with van der Waals surface area (Å²) in [5, 5.41) is 9.12. The van der Waals surface area contributed by atoms with Crippen LogP contribution in [0.4, 0.5) is 49.7 Å². The molecule has 65 heavy (non-hydrogen) atoms. The number of rotatable bonds is 11. The number of hydrogen-bond donors (Lipinski definition) is 2. The summed E-state index contributed by atoms with van der Waals surface area (Å²) >= 11 is 6.48. The Bertz CT molecular complexity index is 3080. The second-order valence-electron chi connectivity index (χ2n) is 16.6. The molecule has 3 aromatic heterocycles. The van der Waals surface area contributed by atoms with E-state index in [-0.39, 0.29) is 43.9 Å². The van der Waals surface area contributed by atoms with Crippen LogP contribution < -0.4 is 10.0 Å². The van der Waals surface area contributed by atoms with Gasteiger partial charge in [0.05, 0.1) is 33.4 Å². The van der Waals surface area contributed by atoms with E-state index in [1.165, 1.54) is 39.0 Å². The number of hydrogen-bond acceptors (Lipinski definition) is 8. The Morgan fingerprint density at radius 3 is 2.12 bits per heavy atom. The van der Waals surface area contributed by atoms with Gasteiger partial charge in [0.15, 0.2) is 21.3 Å². The largest absolute Gasteiger partial charge is 0.435 e. The molecule has 1 fully saturated rings. The molecule has 25 heteroatoms. The molecule has 0 radical (unpaired) electrons. The van der Waals surface area contributed by atoms with Crippen LogP contribution in [0.15, 0.2) is 42.5 Å². The maximum absolute atomic E-state index is 15.5. The molecule has 12 nitrogen and oxygen atoms in total. The van der Waals surface area contributed by atoms with Gasteiger partial charge in [-0.1, -0.05) is 23.6 Å². The van der Waals surface area contributed by atoms with E-state index < -0.39 is 131 Å². The van der Waals surface area contributed by atoms with Crippen molar-refractivity contribution in [3.8, 4) is 23.0 Å². The summed E-state index contributed by atoms with van der Waals surface area (Å²) in [6, 6.07) is 6.97. The van der Waals surface area contributed by atoms with Crippen molar-refractivity contribution in [2.45, 2.75) is 81.2 Å². The number of halogens is 11. The second-order valence-corrected chi connectivity index (χ2v) is 21.3. The fraction of sp³-hybridized carbons (Fsp3) is 0.400. The van der Waals surface area contributed by atoms with Crippen molar-refractivity contribution in [2.24, 2.45) is 5.92 Å². The van der Waals surface area contributed by atoms with Gasteiger partial charge in [-0.25, -0.2) is 30.6 Å². The molecule has 2 aliphatic rings. The maximum Gasteiger partial charge on any atom is 0.435 e. The van der Waals surface area contributed by atoms with Crippen LogP contribution in [0.2, 0.25) is 5.02 Å². The molecule has 1 unspecified atom stereocenters. The van der Waals surface area contributed by atoms with Crippen molar-refractivity contribution in [1.29, 1.82) is 0 Å². The first-order valence-electron chi connectivity index (χ1n) is 19.0. The number of benzene rings is 2. The fourth-order valence-corrected chi connectivity index (χ4v) is 8.86. The van der Waals surface area contributed by atoms with E-state index in [0.29, 0.717) is 17.0 Å². The summed E-state index contributed by atoms with van der Waals surface area (Å²) in [4.78, 5) is 18.8. The summed E-state index contributed by atoms with van der Waals surface area (Å²) < 4.78 is 196. The quantitative estimate of drug-likeness (QED) is 0.100. The number of sulfonamides is 1. The minimum atomic E-state index is -5.19. The minimum Gasteiger partial charge on any atom is -0.343 e. The number of anilines is 1. The molecule has 3 atom stereocenters. The lowest BCUT2D eigenvalue weighted by Crippen LogP contribution is -2.48. The highest BCUT2D eigenvalue weighted by molar-refractivity contribution is 7.92. The minimum absolute atomic E-state index is 0.207. The first-order chi connectivity index (χ1) is 29.7. The molecule has 1 amide bonds. The number of amides is 1. The molecule has 348 valence electrons. The first kappa shape index (κ1) is 47.5. The molecule has 0 spiro atoms. The average Bonchev–Trinajstić information content (AvgIpc) is 3.66. The highest BCUT2D eigenvalue weighted by Gasteiger charge is 2.68. The number of nitrogens with one attached hydrogen (secondary N) is 2. The number of carbonyl (C=O) groups is 1. The molecule has 1 saturated carbocycles. The lowest BCUT2D eigenvalue weighted by Gasteiger charge is -2.33. The van der Waals surface area contributed by atoms with E-state index in [0.717, 1.165) is 24.5 Å². The Labute approximate surface area is 368 Å². The number of sulfone groups is 1. The van der Waals surface area contributed by atoms with Crippen LogP contribution in [-0.4, -0.2) is 70.7 Å². The summed E-state index contributed by atoms with van der Waals surface area (Å²) in [5.41, 5.74) is -7.43. The van der Waals surface area contributed by atoms with Gasteiger partial charge in [-0.15, -0.1) is 0 Å². The van der Waals surface area contributed by atoms with Crippen molar-refractivity contribution >= 4 is 54.1 Å². The molecule has 2 aliphatic carbocycles. The fourth-order valence-electron chi connectivity index (χ4n) is 7.89. The molecule has 3 heterocycles. The summed E-state index contributed by atoms with van der Waals surface area (Å²) in [7, 11) is -8.08. The molecule has 5 aromatic rings. The van der Waals surface area contributed by atoms with Crippen LogP contribution in [0.1, 0.15) is 67.0 Å². The normalized spacial score (nSPS) is 18.1. The van der Waals surface area contributed by atoms with Gasteiger partial charge >= 0.3 is 12.4 Å². The molecule has 0 aliphatic heterocycles. The van der Waals surface area contributed by atoms with Crippen LogP contribution in [0, 0.1) is 29.4 Å². The van der Waals surface area contributed by atoms with Crippen molar-refractivity contribution in [3.05, 3.63) is 93.0 Å². The monoisotopic (exact) mass is 981 g/mol. The van der Waals surface area contributed by atoms with Crippen LogP contribution in [0.25, 0.3) is 22.0 Å². The molecular weight excluding hydrogens is 948 g/mol. The second kappa shape index (κ2) is 15.6. The average molecular weight is 982 g/mol. The van der Waals surface area contributed by atoms with Crippen LogP contribution in [0.3, 0.4) is 0 Å². The molecule has 0 saturated heterocycles. The third kappa shape index (κ3) is 9.36. The summed E-state index contributed by atoms with van der Waals surface area (Å²) in [6.07, 6.45) is -9.51. The van der Waals surface area contributed by atoms with Gasteiger partial charge in [0.1, 0.15) is 40.9 Å². The third-order valence-electron chi connectivity index (χ3n) is 11.0. The Hall–Kier alpha value is -5.41. The van der Waals surface area contributed by atoms with Crippen LogP contribution >= 0.6 is 11.6 Å². The Morgan fingerprint density at radius 1 is 0.908 bits per heavy atom. The van der Waals surface area contributed by atoms with E-state index in [1.807, 2.05) is 4.72 Å². The Kier molecular flexibility index (Phi) is 11.4. The lowest BCUT2D eigenvalue weighted by molar-refractivity contribution is -0.143. The predicted molar refractivity (Wildman–Crippen MR) is 216 cm³/mol. The van der Waals surface area contributed by atoms with Gasteiger partial charge in [0.25, 0.3) is 5.92 Å². The zero-order chi connectivity index (χ0) is 48.2. The summed E-state index contributed by atoms with van der Waals surface area (Å²) in [6.45, 7) is 0.636. The Morgan fingerprint density at radius 2 is 1.54 bits per heavy atom. The van der Waals surface area contributed by atoms with Gasteiger partial charge in [0.2, 0.25) is 15.9 Å². The van der Waals surface area contributed by atoms with Crippen molar-refractivity contribution in [1.82, 2.24) is 29.9 Å². The van der Waals surface area contributed by atoms with Crippen molar-refractivity contribution in [3.63, 3.8) is 0 Å². The molecular formula is C40H34ClF10N7O5S2. The Balaban J connectivity index is 1.48. The standard InChI is InChI=1S/C40H34ClF10N7O5S2/c1-36(2,64(4,60)61)11-10-22-6-7-24(23-8-9-27(41)30-31(23)58(18-38(44,45)46)55-35(30)56-65(5,62)63)32(52-22)37(3,16-19-12-20(42)14-21(43)13-19)53-28(59)17-57-34-29(33(54-57)40(49,50)51)25-15-26(25)39(34,47)48/h6-9,12-14,25-26H,15-18H2,1-5H3,(H,53,59)(H,55,56)/t25-,26+,37?/m0/s1. The summed E-state index contributed by atoms with van der Waals surface area (Å²) in [5.74, 6) is -5.45. The molecule has 0 bridgehead atoms. The van der Waals surface area contributed by atoms with Crippen LogP contribution in [-0.2, 0) is 61.8 Å². The highest BCUT2D eigenvalue weighted by atomic mass is 35.5. The van der Waals surface area contributed by atoms with E-state index in [1.54, 1.807) is 0 Å². The number of carbonyl (C=O) groups excluding carboxylic acids is 1. The molecule has 7 rings (SSSR count). The first-order valence-corrected chi connectivity index (χ1v) is 23.2. The van der Waals surface area contributed by atoms with E-state index in [9.17, 15) is 56.8 Å². The van der Waals surface area contributed by atoms with Crippen LogP contribution in [0.5, 0.6) is 0 Å². The van der Waals surface area contributed by atoms with Crippen molar-refractivity contribution in [2.75, 3.05) is 17.2 Å². The van der Waals surface area contributed by atoms with Gasteiger partial charge in [-0.2, -0.15) is 45.3 Å². The number of fused-ring (bicyclic) bond motifs is 4. The van der Waals surface area contributed by atoms with Crippen molar-refractivity contribution < 1.29 is 65.5 Å². The zero-order valence-corrected chi connectivity index (χ0v) is 36.7. The van der Waals surface area contributed by atoms with E-state index in [4.69, 9.17) is 11.6 Å². The number of aromatic nitrogens is 5. The number of alkyl halides is 8. The number of pyridine rings is 1. The lowest BCUT2D eigenvalue weighted by atomic mass is 9.84. The third-order valence-corrected chi connectivity index (χ3v) is 13.8. The highest BCUT2D eigenvalue weighted by Crippen LogP contribution is 2.68. The topological polar surface area (TPSA) is 158 Å². The number of nitrogens with zero attached hydrogens (tertiary/aromatic N) is 5. The van der Waals surface area contributed by atoms with Gasteiger partial charge in [-0.3, -0.25) is 18.9 Å². The van der Waals surface area contributed by atoms with Gasteiger partial charge < -0.3 is 5.32 Å². The molecule has 2 aromatic carbocycles.